The number of rotatable bonds is 4. The summed E-state index contributed by atoms with van der Waals surface area (Å²) in [5.41, 5.74) is 8.09. The van der Waals surface area contributed by atoms with Gasteiger partial charge >= 0.3 is 0 Å². The molecule has 2 atom stereocenters. The first-order chi connectivity index (χ1) is 13.6. The zero-order valence-electron chi connectivity index (χ0n) is 15.3. The topological polar surface area (TPSA) is 101 Å². The molecular weight excluding hydrogens is 399 g/mol. The largest absolute Gasteiger partial charge is 0.474 e. The minimum atomic E-state index is -0.361. The molecule has 3 aliphatic rings. The van der Waals surface area contributed by atoms with Gasteiger partial charge in [0.15, 0.2) is 11.0 Å². The van der Waals surface area contributed by atoms with Gasteiger partial charge in [-0.1, -0.05) is 11.6 Å². The molecule has 2 bridgehead atoms. The molecule has 2 saturated heterocycles. The molecule has 1 saturated carbocycles. The summed E-state index contributed by atoms with van der Waals surface area (Å²) in [6, 6.07) is 6.31. The number of ether oxygens (including phenoxy) is 1. The minimum absolute atomic E-state index is 0.0731. The lowest BCUT2D eigenvalue weighted by Gasteiger charge is -2.43. The predicted molar refractivity (Wildman–Crippen MR) is 110 cm³/mol. The third-order valence-corrected chi connectivity index (χ3v) is 8.38. The summed E-state index contributed by atoms with van der Waals surface area (Å²) >= 11 is 6.04. The van der Waals surface area contributed by atoms with Gasteiger partial charge in [-0.25, -0.2) is 4.98 Å². The SMILES string of the molecule is Nc1nnc(Cl)cc1N1CC2CCP(C1)N2c1ccnc(OC2CC(O)C2)c1. The summed E-state index contributed by atoms with van der Waals surface area (Å²) in [5, 5.41) is 17.6. The van der Waals surface area contributed by atoms with Crippen LogP contribution in [0.5, 0.6) is 5.88 Å². The number of nitrogen functional groups attached to an aromatic ring is 1. The molecule has 2 aromatic heterocycles. The third kappa shape index (κ3) is 3.34. The lowest BCUT2D eigenvalue weighted by molar-refractivity contribution is -0.0127. The Morgan fingerprint density at radius 2 is 2.14 bits per heavy atom. The Balaban J connectivity index is 1.34. The van der Waals surface area contributed by atoms with E-state index in [4.69, 9.17) is 22.1 Å². The summed E-state index contributed by atoms with van der Waals surface area (Å²) in [6.45, 7) is 0.873. The Hall–Kier alpha value is -1.89. The highest BCUT2D eigenvalue weighted by Gasteiger charge is 2.41. The number of aliphatic hydroxyl groups is 1. The predicted octanol–water partition coefficient (Wildman–Crippen LogP) is 2.46. The van der Waals surface area contributed by atoms with E-state index in [9.17, 15) is 5.11 Å². The van der Waals surface area contributed by atoms with Crippen LogP contribution in [-0.2, 0) is 0 Å². The first kappa shape index (κ1) is 18.2. The lowest BCUT2D eigenvalue weighted by Crippen LogP contribution is -2.44. The third-order valence-electron chi connectivity index (χ3n) is 5.59. The molecule has 2 unspecified atom stereocenters. The highest BCUT2D eigenvalue weighted by Crippen LogP contribution is 2.56. The van der Waals surface area contributed by atoms with Crippen LogP contribution in [0.2, 0.25) is 5.15 Å². The number of nitrogens with zero attached hydrogens (tertiary/aromatic N) is 5. The average molecular weight is 421 g/mol. The number of anilines is 3. The van der Waals surface area contributed by atoms with Gasteiger partial charge in [0.2, 0.25) is 5.88 Å². The van der Waals surface area contributed by atoms with Crippen molar-refractivity contribution < 1.29 is 9.84 Å². The molecule has 2 aliphatic heterocycles. The Kier molecular flexibility index (Phi) is 4.65. The summed E-state index contributed by atoms with van der Waals surface area (Å²) in [7, 11) is -0.361. The second-order valence-electron chi connectivity index (χ2n) is 7.54. The van der Waals surface area contributed by atoms with E-state index in [1.807, 2.05) is 12.3 Å². The monoisotopic (exact) mass is 420 g/mol. The molecule has 2 aromatic rings. The summed E-state index contributed by atoms with van der Waals surface area (Å²) in [5.74, 6) is 1.07. The van der Waals surface area contributed by atoms with Gasteiger partial charge in [0, 0.05) is 51.5 Å². The number of hydrogen-bond acceptors (Lipinski definition) is 8. The van der Waals surface area contributed by atoms with E-state index in [1.54, 1.807) is 6.07 Å². The van der Waals surface area contributed by atoms with Gasteiger partial charge in [0.1, 0.15) is 6.10 Å². The molecule has 0 spiro atoms. The fraction of sp³-hybridized carbons (Fsp3) is 0.500. The zero-order chi connectivity index (χ0) is 19.3. The first-order valence-corrected chi connectivity index (χ1v) is 11.5. The molecule has 0 amide bonds. The highest BCUT2D eigenvalue weighted by molar-refractivity contribution is 7.60. The molecule has 0 aromatic carbocycles. The smallest absolute Gasteiger partial charge is 0.215 e. The fourth-order valence-corrected chi connectivity index (χ4v) is 7.15. The van der Waals surface area contributed by atoms with Crippen LogP contribution in [0.4, 0.5) is 17.2 Å². The summed E-state index contributed by atoms with van der Waals surface area (Å²) in [6.07, 6.45) is 6.29. The van der Waals surface area contributed by atoms with Crippen LogP contribution in [0.15, 0.2) is 24.4 Å². The Morgan fingerprint density at radius 3 is 2.93 bits per heavy atom. The molecule has 5 rings (SSSR count). The van der Waals surface area contributed by atoms with Crippen LogP contribution in [-0.4, -0.2) is 57.5 Å². The number of halogens is 1. The van der Waals surface area contributed by atoms with E-state index in [2.05, 4.69) is 30.8 Å². The van der Waals surface area contributed by atoms with Crippen LogP contribution in [0, 0.1) is 0 Å². The number of pyridine rings is 1. The van der Waals surface area contributed by atoms with Crippen molar-refractivity contribution in [1.82, 2.24) is 15.2 Å². The molecule has 8 nitrogen and oxygen atoms in total. The highest BCUT2D eigenvalue weighted by atomic mass is 35.5. The van der Waals surface area contributed by atoms with Gasteiger partial charge in [-0.2, -0.15) is 0 Å². The number of hydrogen-bond donors (Lipinski definition) is 2. The molecule has 1 aliphatic carbocycles. The van der Waals surface area contributed by atoms with Gasteiger partial charge in [-0.15, -0.1) is 10.2 Å². The maximum absolute atomic E-state index is 9.45. The molecule has 0 radical (unpaired) electrons. The van der Waals surface area contributed by atoms with Crippen molar-refractivity contribution in [3.05, 3.63) is 29.5 Å². The molecule has 148 valence electrons. The van der Waals surface area contributed by atoms with Crippen molar-refractivity contribution in [2.75, 3.05) is 34.3 Å². The van der Waals surface area contributed by atoms with Gasteiger partial charge in [-0.05, 0) is 18.6 Å². The van der Waals surface area contributed by atoms with E-state index in [0.29, 0.717) is 35.7 Å². The van der Waals surface area contributed by atoms with Crippen molar-refractivity contribution in [2.24, 2.45) is 0 Å². The van der Waals surface area contributed by atoms with Crippen molar-refractivity contribution in [1.29, 1.82) is 0 Å². The molecule has 28 heavy (non-hydrogen) atoms. The number of fused-ring (bicyclic) bond motifs is 2. The van der Waals surface area contributed by atoms with E-state index < -0.39 is 0 Å². The quantitative estimate of drug-likeness (QED) is 0.727. The standard InChI is InChI=1S/C18H22ClN6O2P/c19-16-8-15(18(20)23-22-16)24-9-12-2-4-28(10-24)25(12)11-1-3-21-17(5-11)27-14-6-13(26)7-14/h1,3,5,8,12-14,26H,2,4,6-7,9-10H2,(H2,20,23). The van der Waals surface area contributed by atoms with E-state index in [0.717, 1.165) is 30.6 Å². The summed E-state index contributed by atoms with van der Waals surface area (Å²) in [4.78, 5) is 6.65. The normalized spacial score (nSPS) is 28.9. The second kappa shape index (κ2) is 7.17. The minimum Gasteiger partial charge on any atom is -0.474 e. The number of aliphatic hydroxyl groups excluding tert-OH is 1. The zero-order valence-corrected chi connectivity index (χ0v) is 16.9. The molecular formula is C18H22ClN6O2P. The number of nitrogens with two attached hydrogens (primary N) is 1. The Morgan fingerprint density at radius 1 is 1.29 bits per heavy atom. The van der Waals surface area contributed by atoms with Crippen LogP contribution in [0.1, 0.15) is 19.3 Å². The van der Waals surface area contributed by atoms with E-state index in [-0.39, 0.29) is 20.3 Å². The maximum atomic E-state index is 9.45. The fourth-order valence-electron chi connectivity index (χ4n) is 4.16. The van der Waals surface area contributed by atoms with Gasteiger partial charge in [0.05, 0.1) is 24.1 Å². The van der Waals surface area contributed by atoms with Crippen LogP contribution in [0.3, 0.4) is 0 Å². The van der Waals surface area contributed by atoms with E-state index in [1.165, 1.54) is 6.16 Å². The second-order valence-corrected chi connectivity index (χ2v) is 10.1. The van der Waals surface area contributed by atoms with Crippen molar-refractivity contribution >= 4 is 36.9 Å². The molecule has 10 heteroatoms. The number of aromatic nitrogens is 3. The van der Waals surface area contributed by atoms with Crippen molar-refractivity contribution in [2.45, 2.75) is 37.5 Å². The van der Waals surface area contributed by atoms with Gasteiger partial charge in [0.25, 0.3) is 0 Å². The van der Waals surface area contributed by atoms with Crippen LogP contribution in [0.25, 0.3) is 0 Å². The van der Waals surface area contributed by atoms with Crippen molar-refractivity contribution in [3.8, 4) is 5.88 Å². The molecule has 3 N–H and O–H groups in total. The Bertz CT molecular complexity index is 869. The summed E-state index contributed by atoms with van der Waals surface area (Å²) < 4.78 is 8.46. The van der Waals surface area contributed by atoms with Gasteiger partial charge in [-0.3, -0.25) is 0 Å². The molecule has 4 heterocycles. The first-order valence-electron chi connectivity index (χ1n) is 9.45. The molecule has 3 fully saturated rings. The van der Waals surface area contributed by atoms with Crippen molar-refractivity contribution in [3.63, 3.8) is 0 Å². The lowest BCUT2D eigenvalue weighted by atomic mass is 9.92. The van der Waals surface area contributed by atoms with Crippen LogP contribution >= 0.6 is 19.7 Å². The van der Waals surface area contributed by atoms with E-state index >= 15 is 0 Å². The van der Waals surface area contributed by atoms with Crippen LogP contribution < -0.4 is 20.0 Å². The van der Waals surface area contributed by atoms with Gasteiger partial charge < -0.3 is 25.1 Å². The maximum Gasteiger partial charge on any atom is 0.215 e. The average Bonchev–Trinajstić information content (AvgIpc) is 2.92. The Labute approximate surface area is 169 Å².